The molecule has 1 fully saturated rings. The second-order valence-electron chi connectivity index (χ2n) is 7.94. The van der Waals surface area contributed by atoms with Gasteiger partial charge in [0, 0.05) is 50.8 Å². The number of anilines is 2. The van der Waals surface area contributed by atoms with Crippen molar-refractivity contribution >= 4 is 17.7 Å². The van der Waals surface area contributed by atoms with E-state index >= 15 is 0 Å². The Morgan fingerprint density at radius 3 is 2.44 bits per heavy atom. The van der Waals surface area contributed by atoms with Gasteiger partial charge in [-0.15, -0.1) is 0 Å². The monoisotopic (exact) mass is 449 g/mol. The Morgan fingerprint density at radius 1 is 1.12 bits per heavy atom. The van der Waals surface area contributed by atoms with Crippen LogP contribution in [-0.2, 0) is 23.9 Å². The minimum absolute atomic E-state index is 0.234. The van der Waals surface area contributed by atoms with Crippen molar-refractivity contribution in [1.29, 1.82) is 0 Å². The molecule has 0 saturated carbocycles. The fourth-order valence-corrected chi connectivity index (χ4v) is 3.91. The van der Waals surface area contributed by atoms with E-state index in [0.717, 1.165) is 48.8 Å². The Balaban J connectivity index is 1.60. The van der Waals surface area contributed by atoms with Crippen LogP contribution in [-0.4, -0.2) is 67.2 Å². The van der Waals surface area contributed by atoms with E-state index in [4.69, 9.17) is 14.7 Å². The summed E-state index contributed by atoms with van der Waals surface area (Å²) in [7, 11) is 1.95. The number of nitrogens with zero attached hydrogens (tertiary/aromatic N) is 5. The van der Waals surface area contributed by atoms with E-state index in [1.165, 1.54) is 12.1 Å². The first-order valence-corrected chi connectivity index (χ1v) is 10.7. The lowest BCUT2D eigenvalue weighted by atomic mass is 10.0. The number of alkyl halides is 3. The molecule has 0 N–H and O–H groups in total. The molecule has 0 aliphatic carbocycles. The molecule has 1 saturated heterocycles. The molecule has 3 heterocycles. The van der Waals surface area contributed by atoms with Crippen molar-refractivity contribution in [3.05, 3.63) is 46.6 Å². The molecule has 0 bridgehead atoms. The van der Waals surface area contributed by atoms with Crippen molar-refractivity contribution in [3.8, 4) is 0 Å². The van der Waals surface area contributed by atoms with E-state index in [2.05, 4.69) is 4.90 Å². The lowest BCUT2D eigenvalue weighted by Gasteiger charge is -2.34. The van der Waals surface area contributed by atoms with Gasteiger partial charge in [0.2, 0.25) is 5.95 Å². The highest BCUT2D eigenvalue weighted by molar-refractivity contribution is 5.94. The van der Waals surface area contributed by atoms with Crippen LogP contribution in [0.25, 0.3) is 0 Å². The van der Waals surface area contributed by atoms with E-state index in [0.29, 0.717) is 38.7 Å². The zero-order valence-corrected chi connectivity index (χ0v) is 18.2. The third-order valence-corrected chi connectivity index (χ3v) is 5.90. The molecule has 0 spiro atoms. The maximum atomic E-state index is 13.0. The van der Waals surface area contributed by atoms with Gasteiger partial charge < -0.3 is 19.4 Å². The van der Waals surface area contributed by atoms with Crippen molar-refractivity contribution in [3.63, 3.8) is 0 Å². The van der Waals surface area contributed by atoms with Crippen molar-refractivity contribution < 1.29 is 22.7 Å². The molecule has 7 nitrogen and oxygen atoms in total. The highest BCUT2D eigenvalue weighted by Gasteiger charge is 2.32. The normalized spacial score (nSPS) is 16.7. The first-order chi connectivity index (χ1) is 15.3. The number of ether oxygens (including phenoxy) is 1. The molecule has 2 aliphatic heterocycles. The number of benzene rings is 1. The molecule has 32 heavy (non-hydrogen) atoms. The second-order valence-corrected chi connectivity index (χ2v) is 7.94. The van der Waals surface area contributed by atoms with Crippen LogP contribution in [0, 0.1) is 0 Å². The van der Waals surface area contributed by atoms with Gasteiger partial charge in [0.05, 0.1) is 31.0 Å². The highest BCUT2D eigenvalue weighted by Crippen LogP contribution is 2.31. The quantitative estimate of drug-likeness (QED) is 0.715. The van der Waals surface area contributed by atoms with Gasteiger partial charge in [-0.1, -0.05) is 0 Å². The average molecular weight is 449 g/mol. The summed E-state index contributed by atoms with van der Waals surface area (Å²) in [6, 6.07) is 4.35. The predicted molar refractivity (Wildman–Crippen MR) is 114 cm³/mol. The van der Waals surface area contributed by atoms with Crippen molar-refractivity contribution in [2.24, 2.45) is 0 Å². The Kier molecular flexibility index (Phi) is 6.23. The predicted octanol–water partition coefficient (Wildman–Crippen LogP) is 2.99. The fourth-order valence-electron chi connectivity index (χ4n) is 3.91. The molecule has 172 valence electrons. The number of amides is 1. The number of fused-ring (bicyclic) bond motifs is 1. The van der Waals surface area contributed by atoms with Gasteiger partial charge in [-0.25, -0.2) is 4.98 Å². The summed E-state index contributed by atoms with van der Waals surface area (Å²) in [5, 5.41) is 0. The first-order valence-electron chi connectivity index (χ1n) is 10.7. The molecule has 0 unspecified atom stereocenters. The number of carbonyl (C=O) groups excluding carboxylic acids is 1. The Labute approximate surface area is 184 Å². The number of halogens is 3. The summed E-state index contributed by atoms with van der Waals surface area (Å²) in [6.45, 7) is 6.25. The van der Waals surface area contributed by atoms with Crippen molar-refractivity contribution in [2.45, 2.75) is 26.1 Å². The van der Waals surface area contributed by atoms with Crippen LogP contribution >= 0.6 is 0 Å². The van der Waals surface area contributed by atoms with Gasteiger partial charge >= 0.3 is 6.18 Å². The van der Waals surface area contributed by atoms with Gasteiger partial charge in [-0.3, -0.25) is 4.79 Å². The second kappa shape index (κ2) is 8.93. The Hall–Kier alpha value is -2.88. The van der Waals surface area contributed by atoms with Gasteiger partial charge in [-0.2, -0.15) is 18.2 Å². The van der Waals surface area contributed by atoms with E-state index < -0.39 is 11.7 Å². The van der Waals surface area contributed by atoms with Crippen LogP contribution in [0.4, 0.5) is 24.9 Å². The summed E-state index contributed by atoms with van der Waals surface area (Å²) >= 11 is 0. The van der Waals surface area contributed by atoms with E-state index in [1.807, 2.05) is 18.9 Å². The highest BCUT2D eigenvalue weighted by atomic mass is 19.4. The summed E-state index contributed by atoms with van der Waals surface area (Å²) in [4.78, 5) is 28.4. The van der Waals surface area contributed by atoms with Gasteiger partial charge in [0.1, 0.15) is 5.82 Å². The van der Waals surface area contributed by atoms with Gasteiger partial charge in [0.25, 0.3) is 5.91 Å². The maximum absolute atomic E-state index is 13.0. The number of morpholine rings is 1. The average Bonchev–Trinajstić information content (AvgIpc) is 2.82. The smallest absolute Gasteiger partial charge is 0.378 e. The zero-order valence-electron chi connectivity index (χ0n) is 18.2. The molecule has 10 heteroatoms. The maximum Gasteiger partial charge on any atom is 0.416 e. The van der Waals surface area contributed by atoms with Crippen molar-refractivity contribution in [1.82, 2.24) is 14.9 Å². The molecule has 1 aromatic carbocycles. The molecule has 1 aromatic heterocycles. The van der Waals surface area contributed by atoms with Gasteiger partial charge in [-0.05, 0) is 31.2 Å². The summed E-state index contributed by atoms with van der Waals surface area (Å²) < 4.78 is 43.9. The third-order valence-electron chi connectivity index (χ3n) is 5.90. The van der Waals surface area contributed by atoms with Crippen molar-refractivity contribution in [2.75, 3.05) is 56.2 Å². The molecule has 0 radical (unpaired) electrons. The number of rotatable bonds is 4. The van der Waals surface area contributed by atoms with Gasteiger partial charge in [0.15, 0.2) is 0 Å². The molecule has 4 rings (SSSR count). The lowest BCUT2D eigenvalue weighted by molar-refractivity contribution is -0.137. The van der Waals surface area contributed by atoms with E-state index in [-0.39, 0.29) is 11.5 Å². The third kappa shape index (κ3) is 4.50. The van der Waals surface area contributed by atoms with Crippen LogP contribution in [0.15, 0.2) is 24.3 Å². The summed E-state index contributed by atoms with van der Waals surface area (Å²) in [5.74, 6) is 1.15. The number of carbonyl (C=O) groups is 1. The molecule has 0 atom stereocenters. The summed E-state index contributed by atoms with van der Waals surface area (Å²) in [5.41, 5.74) is 1.26. The number of hydrogen-bond acceptors (Lipinski definition) is 6. The van der Waals surface area contributed by atoms with E-state index in [1.54, 1.807) is 4.90 Å². The molecule has 2 aliphatic rings. The van der Waals surface area contributed by atoms with Crippen LogP contribution in [0.3, 0.4) is 0 Å². The topological polar surface area (TPSA) is 61.8 Å². The Bertz CT molecular complexity index is 975. The Morgan fingerprint density at radius 2 is 1.81 bits per heavy atom. The minimum atomic E-state index is -4.43. The molecule has 1 amide bonds. The van der Waals surface area contributed by atoms with Crippen LogP contribution in [0.2, 0.25) is 0 Å². The molecule has 2 aromatic rings. The largest absolute Gasteiger partial charge is 0.416 e. The van der Waals surface area contributed by atoms with Crippen LogP contribution in [0.1, 0.15) is 34.1 Å². The van der Waals surface area contributed by atoms with Crippen LogP contribution < -0.4 is 9.80 Å². The van der Waals surface area contributed by atoms with E-state index in [9.17, 15) is 18.0 Å². The summed E-state index contributed by atoms with van der Waals surface area (Å²) in [6.07, 6.45) is -3.87. The SMILES string of the molecule is CCN(C)c1nc(N2CCOCC2)nc2c1CN(C(=O)c1ccc(C(F)(F)F)cc1)CC2. The molecular weight excluding hydrogens is 423 g/mol. The first kappa shape index (κ1) is 22.3. The lowest BCUT2D eigenvalue weighted by Crippen LogP contribution is -2.40. The fraction of sp³-hybridized carbons (Fsp3) is 0.500. The minimum Gasteiger partial charge on any atom is -0.378 e. The standard InChI is InChI=1S/C22H26F3N5O2/c1-3-28(2)19-17-14-30(20(31)15-4-6-16(7-5-15)22(23,24)25)9-8-18(17)26-21(27-19)29-10-12-32-13-11-29/h4-7H,3,8-14H2,1-2H3. The van der Waals surface area contributed by atoms with Crippen LogP contribution in [0.5, 0.6) is 0 Å². The zero-order chi connectivity index (χ0) is 22.9. The molecular formula is C22H26F3N5O2. The number of hydrogen-bond donors (Lipinski definition) is 0. The number of aromatic nitrogens is 2.